The van der Waals surface area contributed by atoms with Crippen molar-refractivity contribution in [2.75, 3.05) is 39.3 Å². The molecule has 1 saturated heterocycles. The van der Waals surface area contributed by atoms with Gasteiger partial charge in [-0.05, 0) is 19.5 Å². The minimum Gasteiger partial charge on any atom is -0.342 e. The van der Waals surface area contributed by atoms with Gasteiger partial charge in [0.1, 0.15) is 5.82 Å². The second-order valence-corrected chi connectivity index (χ2v) is 7.18. The van der Waals surface area contributed by atoms with E-state index in [1.165, 1.54) is 0 Å². The van der Waals surface area contributed by atoms with Gasteiger partial charge in [0.05, 0.1) is 12.2 Å². The molecule has 0 bridgehead atoms. The topological polar surface area (TPSA) is 69.6 Å². The average molecular weight is 359 g/mol. The van der Waals surface area contributed by atoms with Crippen LogP contribution in [0.5, 0.6) is 0 Å². The third-order valence-electron chi connectivity index (χ3n) is 5.56. The molecule has 7 nitrogen and oxygen atoms in total. The molecule has 26 heavy (non-hydrogen) atoms. The highest BCUT2D eigenvalue weighted by molar-refractivity contribution is 5.78. The lowest BCUT2D eigenvalue weighted by molar-refractivity contribution is -0.133. The number of nitrogens with zero attached hydrogens (tertiary/aromatic N) is 5. The minimum absolute atomic E-state index is 0.118. The molecule has 0 radical (unpaired) electrons. The Morgan fingerprint density at radius 2 is 2.00 bits per heavy atom. The van der Waals surface area contributed by atoms with Gasteiger partial charge in [-0.2, -0.15) is 0 Å². The molecular formula is C19H29N5O2. The minimum atomic E-state index is 0.118. The number of amides is 2. The van der Waals surface area contributed by atoms with Crippen LogP contribution in [0.15, 0.2) is 6.20 Å². The van der Waals surface area contributed by atoms with Gasteiger partial charge in [-0.15, -0.1) is 0 Å². The number of likely N-dealkylation sites (tertiary alicyclic amines) is 1. The first-order valence-electron chi connectivity index (χ1n) is 9.62. The summed E-state index contributed by atoms with van der Waals surface area (Å²) < 4.78 is 0. The molecule has 1 fully saturated rings. The Balaban J connectivity index is 1.64. The Labute approximate surface area is 155 Å². The number of carbonyl (C=O) groups excluding carboxylic acids is 2. The molecule has 3 rings (SSSR count). The van der Waals surface area contributed by atoms with E-state index in [2.05, 4.69) is 23.7 Å². The second-order valence-electron chi connectivity index (χ2n) is 7.18. The molecule has 0 saturated carbocycles. The van der Waals surface area contributed by atoms with Gasteiger partial charge in [-0.3, -0.25) is 14.5 Å². The van der Waals surface area contributed by atoms with Crippen molar-refractivity contribution in [2.24, 2.45) is 0 Å². The van der Waals surface area contributed by atoms with Gasteiger partial charge in [0, 0.05) is 57.2 Å². The Bertz CT molecular complexity index is 674. The van der Waals surface area contributed by atoms with Crippen molar-refractivity contribution in [2.45, 2.75) is 46.1 Å². The number of aromatic nitrogens is 2. The van der Waals surface area contributed by atoms with E-state index in [1.54, 1.807) is 6.92 Å². The number of likely N-dealkylation sites (N-methyl/N-ethyl adjacent to an activating group) is 1. The maximum atomic E-state index is 12.5. The van der Waals surface area contributed by atoms with Gasteiger partial charge in [0.25, 0.3) is 0 Å². The molecule has 0 N–H and O–H groups in total. The van der Waals surface area contributed by atoms with E-state index in [1.807, 2.05) is 16.0 Å². The van der Waals surface area contributed by atoms with Crippen LogP contribution in [-0.4, -0.2) is 75.8 Å². The molecule has 2 amide bonds. The predicted molar refractivity (Wildman–Crippen MR) is 98.6 cm³/mol. The maximum absolute atomic E-state index is 12.5. The molecule has 2 aliphatic heterocycles. The van der Waals surface area contributed by atoms with Crippen LogP contribution in [-0.2, 0) is 22.6 Å². The first-order valence-corrected chi connectivity index (χ1v) is 9.62. The third kappa shape index (κ3) is 4.03. The van der Waals surface area contributed by atoms with Gasteiger partial charge in [-0.25, -0.2) is 9.97 Å². The lowest BCUT2D eigenvalue weighted by atomic mass is 10.0. The molecule has 3 heterocycles. The highest BCUT2D eigenvalue weighted by Gasteiger charge is 2.29. The quantitative estimate of drug-likeness (QED) is 0.786. The molecule has 2 aliphatic rings. The van der Waals surface area contributed by atoms with E-state index >= 15 is 0 Å². The Morgan fingerprint density at radius 1 is 1.23 bits per heavy atom. The fraction of sp³-hybridized carbons (Fsp3) is 0.684. The van der Waals surface area contributed by atoms with Crippen LogP contribution in [0.3, 0.4) is 0 Å². The summed E-state index contributed by atoms with van der Waals surface area (Å²) in [5.41, 5.74) is 2.11. The molecule has 0 aromatic carbocycles. The zero-order chi connectivity index (χ0) is 18.7. The van der Waals surface area contributed by atoms with Crippen LogP contribution in [0.25, 0.3) is 0 Å². The summed E-state index contributed by atoms with van der Waals surface area (Å²) in [4.78, 5) is 39.3. The third-order valence-corrected chi connectivity index (χ3v) is 5.56. The summed E-state index contributed by atoms with van der Waals surface area (Å²) in [5.74, 6) is 1.37. The molecule has 1 aromatic heterocycles. The second kappa shape index (κ2) is 8.12. The highest BCUT2D eigenvalue weighted by Crippen LogP contribution is 2.26. The highest BCUT2D eigenvalue weighted by atomic mass is 16.2. The summed E-state index contributed by atoms with van der Waals surface area (Å²) in [6.07, 6.45) is 3.58. The fourth-order valence-corrected chi connectivity index (χ4v) is 3.74. The van der Waals surface area contributed by atoms with Crippen molar-refractivity contribution in [1.82, 2.24) is 24.7 Å². The molecule has 0 spiro atoms. The van der Waals surface area contributed by atoms with Crippen molar-refractivity contribution in [1.29, 1.82) is 0 Å². The van der Waals surface area contributed by atoms with Crippen molar-refractivity contribution in [3.05, 3.63) is 23.3 Å². The van der Waals surface area contributed by atoms with Crippen LogP contribution in [0.4, 0.5) is 0 Å². The van der Waals surface area contributed by atoms with Gasteiger partial charge in [-0.1, -0.05) is 13.8 Å². The predicted octanol–water partition coefficient (Wildman–Crippen LogP) is 1.04. The summed E-state index contributed by atoms with van der Waals surface area (Å²) in [6, 6.07) is 0. The summed E-state index contributed by atoms with van der Waals surface area (Å²) in [7, 11) is 0. The number of hydrogen-bond donors (Lipinski definition) is 0. The normalized spacial score (nSPS) is 19.8. The molecule has 142 valence electrons. The molecule has 1 aromatic rings. The van der Waals surface area contributed by atoms with Gasteiger partial charge in [0.2, 0.25) is 11.8 Å². The first kappa shape index (κ1) is 18.8. The zero-order valence-electron chi connectivity index (χ0n) is 16.1. The lowest BCUT2D eigenvalue weighted by Crippen LogP contribution is -2.43. The van der Waals surface area contributed by atoms with Crippen molar-refractivity contribution >= 4 is 11.8 Å². The van der Waals surface area contributed by atoms with E-state index in [0.717, 1.165) is 49.6 Å². The molecule has 1 atom stereocenters. The monoisotopic (exact) mass is 359 g/mol. The largest absolute Gasteiger partial charge is 0.342 e. The summed E-state index contributed by atoms with van der Waals surface area (Å²) >= 11 is 0. The van der Waals surface area contributed by atoms with Crippen LogP contribution >= 0.6 is 0 Å². The zero-order valence-corrected chi connectivity index (χ0v) is 16.1. The first-order chi connectivity index (χ1) is 12.5. The van der Waals surface area contributed by atoms with Crippen LogP contribution in [0.1, 0.15) is 50.2 Å². The smallest absolute Gasteiger partial charge is 0.237 e. The van der Waals surface area contributed by atoms with Crippen molar-refractivity contribution in [3.63, 3.8) is 0 Å². The van der Waals surface area contributed by atoms with Crippen LogP contribution in [0.2, 0.25) is 0 Å². The number of hydrogen-bond acceptors (Lipinski definition) is 5. The van der Waals surface area contributed by atoms with Crippen LogP contribution in [0, 0.1) is 0 Å². The van der Waals surface area contributed by atoms with Gasteiger partial charge in [0.15, 0.2) is 0 Å². The SMILES string of the molecule is CCN(CC)CC(=O)N1CCc2nc([C@H]3CCN(C(C)=O)C3)ncc2C1. The van der Waals surface area contributed by atoms with Gasteiger partial charge < -0.3 is 9.80 Å². The Morgan fingerprint density at radius 3 is 2.65 bits per heavy atom. The van der Waals surface area contributed by atoms with Gasteiger partial charge >= 0.3 is 0 Å². The standard InChI is InChI=1S/C19H29N5O2/c1-4-22(5-2)13-18(26)24-9-7-17-16(12-24)10-20-19(21-17)15-6-8-23(11-15)14(3)25/h10,15H,4-9,11-13H2,1-3H3/t15-/m0/s1. The molecule has 0 unspecified atom stereocenters. The number of carbonyl (C=O) groups is 2. The average Bonchev–Trinajstić information content (AvgIpc) is 3.15. The summed E-state index contributed by atoms with van der Waals surface area (Å²) in [5, 5.41) is 0. The maximum Gasteiger partial charge on any atom is 0.237 e. The van der Waals surface area contributed by atoms with Crippen LogP contribution < -0.4 is 0 Å². The molecular weight excluding hydrogens is 330 g/mol. The van der Waals surface area contributed by atoms with E-state index in [-0.39, 0.29) is 17.7 Å². The lowest BCUT2D eigenvalue weighted by Gasteiger charge is -2.30. The Kier molecular flexibility index (Phi) is 5.86. The number of fused-ring (bicyclic) bond motifs is 1. The Hall–Kier alpha value is -2.02. The molecule has 7 heteroatoms. The van der Waals surface area contributed by atoms with Crippen molar-refractivity contribution < 1.29 is 9.59 Å². The van der Waals surface area contributed by atoms with Crippen molar-refractivity contribution in [3.8, 4) is 0 Å². The van der Waals surface area contributed by atoms with E-state index in [0.29, 0.717) is 26.2 Å². The number of rotatable bonds is 5. The summed E-state index contributed by atoms with van der Waals surface area (Å²) in [6.45, 7) is 10.8. The van der Waals surface area contributed by atoms with E-state index < -0.39 is 0 Å². The van der Waals surface area contributed by atoms with E-state index in [9.17, 15) is 9.59 Å². The molecule has 0 aliphatic carbocycles. The van der Waals surface area contributed by atoms with E-state index in [4.69, 9.17) is 4.98 Å². The fourth-order valence-electron chi connectivity index (χ4n) is 3.74.